The molecule has 164 valence electrons. The second-order valence-corrected chi connectivity index (χ2v) is 9.15. The fourth-order valence-corrected chi connectivity index (χ4v) is 5.27. The lowest BCUT2D eigenvalue weighted by Gasteiger charge is -2.39. The van der Waals surface area contributed by atoms with Crippen molar-refractivity contribution in [1.82, 2.24) is 14.7 Å². The lowest BCUT2D eigenvalue weighted by Crippen LogP contribution is -2.56. The topological polar surface area (TPSA) is 43.9 Å². The van der Waals surface area contributed by atoms with Crippen LogP contribution in [0.1, 0.15) is 56.9 Å². The van der Waals surface area contributed by atoms with Gasteiger partial charge in [-0.15, -0.1) is 0 Å². The standard InChI is InChI=1S/C24H34FN3O2/c25-21-9-6-20(7-10-21)18-28-17-15-26-14-16-27(13-12-22(26)24(28)30)23(29)11-8-19-4-2-1-3-5-19/h6-7,9-10,19,22H,1-5,8,11-18H2. The number of fused-ring (bicyclic) bond motifs is 1. The summed E-state index contributed by atoms with van der Waals surface area (Å²) < 4.78 is 13.2. The predicted octanol–water partition coefficient (Wildman–Crippen LogP) is 3.43. The maximum atomic E-state index is 13.2. The second kappa shape index (κ2) is 9.90. The fourth-order valence-electron chi connectivity index (χ4n) is 5.27. The van der Waals surface area contributed by atoms with Crippen molar-refractivity contribution in [3.05, 3.63) is 35.6 Å². The van der Waals surface area contributed by atoms with Gasteiger partial charge in [0.1, 0.15) is 5.82 Å². The van der Waals surface area contributed by atoms with E-state index in [4.69, 9.17) is 0 Å². The molecule has 3 fully saturated rings. The van der Waals surface area contributed by atoms with E-state index in [0.717, 1.165) is 37.5 Å². The summed E-state index contributed by atoms with van der Waals surface area (Å²) in [6.07, 6.45) is 8.91. The van der Waals surface area contributed by atoms with Crippen molar-refractivity contribution in [2.75, 3.05) is 32.7 Å². The Bertz CT molecular complexity index is 732. The summed E-state index contributed by atoms with van der Waals surface area (Å²) in [5.74, 6) is 0.868. The molecule has 1 unspecified atom stereocenters. The Balaban J connectivity index is 1.29. The van der Waals surface area contributed by atoms with Crippen molar-refractivity contribution in [3.63, 3.8) is 0 Å². The van der Waals surface area contributed by atoms with Gasteiger partial charge in [-0.3, -0.25) is 14.5 Å². The summed E-state index contributed by atoms with van der Waals surface area (Å²) in [6, 6.07) is 6.23. The number of hydrogen-bond donors (Lipinski definition) is 0. The Hall–Kier alpha value is -1.95. The van der Waals surface area contributed by atoms with Gasteiger partial charge in [0.05, 0.1) is 6.04 Å². The number of amides is 2. The van der Waals surface area contributed by atoms with Crippen molar-refractivity contribution >= 4 is 11.8 Å². The van der Waals surface area contributed by atoms with Gasteiger partial charge >= 0.3 is 0 Å². The molecule has 0 aromatic heterocycles. The first-order valence-corrected chi connectivity index (χ1v) is 11.7. The van der Waals surface area contributed by atoms with E-state index in [2.05, 4.69) is 4.90 Å². The Labute approximate surface area is 179 Å². The van der Waals surface area contributed by atoms with Gasteiger partial charge in [0.2, 0.25) is 11.8 Å². The minimum absolute atomic E-state index is 0.141. The lowest BCUT2D eigenvalue weighted by atomic mass is 9.86. The molecule has 4 rings (SSSR count). The van der Waals surface area contributed by atoms with Crippen molar-refractivity contribution in [2.24, 2.45) is 5.92 Å². The van der Waals surface area contributed by atoms with E-state index in [1.165, 1.54) is 44.2 Å². The molecule has 0 N–H and O–H groups in total. The molecule has 30 heavy (non-hydrogen) atoms. The number of carbonyl (C=O) groups excluding carboxylic acids is 2. The van der Waals surface area contributed by atoms with E-state index in [1.54, 1.807) is 12.1 Å². The van der Waals surface area contributed by atoms with E-state index in [0.29, 0.717) is 32.5 Å². The SMILES string of the molecule is O=C(CCC1CCCCC1)N1CCC2C(=O)N(Cc3ccc(F)cc3)CCN2CC1. The van der Waals surface area contributed by atoms with Gasteiger partial charge in [0, 0.05) is 45.7 Å². The number of benzene rings is 1. The van der Waals surface area contributed by atoms with Crippen molar-refractivity contribution in [3.8, 4) is 0 Å². The summed E-state index contributed by atoms with van der Waals surface area (Å²) in [7, 11) is 0. The van der Waals surface area contributed by atoms with Gasteiger partial charge in [-0.05, 0) is 36.5 Å². The van der Waals surface area contributed by atoms with E-state index in [1.807, 2.05) is 9.80 Å². The van der Waals surface area contributed by atoms with Crippen LogP contribution < -0.4 is 0 Å². The maximum absolute atomic E-state index is 13.2. The molecule has 0 bridgehead atoms. The van der Waals surface area contributed by atoms with Crippen LogP contribution in [0.15, 0.2) is 24.3 Å². The molecule has 2 aliphatic heterocycles. The highest BCUT2D eigenvalue weighted by atomic mass is 19.1. The molecular formula is C24H34FN3O2. The van der Waals surface area contributed by atoms with Crippen LogP contribution in [0, 0.1) is 11.7 Å². The Morgan fingerprint density at radius 3 is 2.43 bits per heavy atom. The normalized spacial score (nSPS) is 23.9. The minimum Gasteiger partial charge on any atom is -0.341 e. The number of nitrogens with zero attached hydrogens (tertiary/aromatic N) is 3. The summed E-state index contributed by atoms with van der Waals surface area (Å²) in [5, 5.41) is 0. The largest absolute Gasteiger partial charge is 0.341 e. The Morgan fingerprint density at radius 2 is 1.67 bits per heavy atom. The second-order valence-electron chi connectivity index (χ2n) is 9.15. The quantitative estimate of drug-likeness (QED) is 0.740. The molecule has 2 amide bonds. The summed E-state index contributed by atoms with van der Waals surface area (Å²) in [5.41, 5.74) is 0.950. The van der Waals surface area contributed by atoms with Crippen LogP contribution in [0.3, 0.4) is 0 Å². The Kier molecular flexibility index (Phi) is 7.03. The van der Waals surface area contributed by atoms with Crippen LogP contribution >= 0.6 is 0 Å². The van der Waals surface area contributed by atoms with Gasteiger partial charge in [-0.25, -0.2) is 4.39 Å². The van der Waals surface area contributed by atoms with Crippen molar-refractivity contribution in [1.29, 1.82) is 0 Å². The lowest BCUT2D eigenvalue weighted by molar-refractivity contribution is -0.142. The first-order valence-electron chi connectivity index (χ1n) is 11.7. The highest BCUT2D eigenvalue weighted by Gasteiger charge is 2.37. The van der Waals surface area contributed by atoms with Crippen LogP contribution in [0.25, 0.3) is 0 Å². The van der Waals surface area contributed by atoms with Crippen molar-refractivity contribution in [2.45, 2.75) is 64.0 Å². The predicted molar refractivity (Wildman–Crippen MR) is 114 cm³/mol. The van der Waals surface area contributed by atoms with Crippen molar-refractivity contribution < 1.29 is 14.0 Å². The van der Waals surface area contributed by atoms with E-state index in [9.17, 15) is 14.0 Å². The van der Waals surface area contributed by atoms with Gasteiger partial charge in [-0.1, -0.05) is 44.2 Å². The monoisotopic (exact) mass is 415 g/mol. The first-order chi connectivity index (χ1) is 14.6. The number of piperazine rings is 1. The Morgan fingerprint density at radius 1 is 0.933 bits per heavy atom. The molecule has 1 aliphatic carbocycles. The highest BCUT2D eigenvalue weighted by Crippen LogP contribution is 2.28. The zero-order chi connectivity index (χ0) is 20.9. The maximum Gasteiger partial charge on any atom is 0.240 e. The number of carbonyl (C=O) groups is 2. The van der Waals surface area contributed by atoms with E-state index >= 15 is 0 Å². The molecule has 6 heteroatoms. The van der Waals surface area contributed by atoms with Crippen LogP contribution in [-0.4, -0.2) is 65.3 Å². The van der Waals surface area contributed by atoms with E-state index < -0.39 is 0 Å². The molecule has 2 heterocycles. The smallest absolute Gasteiger partial charge is 0.240 e. The minimum atomic E-state index is -0.257. The summed E-state index contributed by atoms with van der Waals surface area (Å²) >= 11 is 0. The molecule has 0 radical (unpaired) electrons. The number of rotatable bonds is 5. The van der Waals surface area contributed by atoms with Crippen LogP contribution in [0.2, 0.25) is 0 Å². The summed E-state index contributed by atoms with van der Waals surface area (Å²) in [6.45, 7) is 4.21. The zero-order valence-corrected chi connectivity index (χ0v) is 17.9. The third-order valence-electron chi connectivity index (χ3n) is 7.15. The number of halogens is 1. The molecule has 1 aromatic carbocycles. The zero-order valence-electron chi connectivity index (χ0n) is 17.9. The molecule has 5 nitrogen and oxygen atoms in total. The average Bonchev–Trinajstić information content (AvgIpc) is 2.99. The summed E-state index contributed by atoms with van der Waals surface area (Å²) in [4.78, 5) is 32.0. The van der Waals surface area contributed by atoms with Crippen LogP contribution in [-0.2, 0) is 16.1 Å². The van der Waals surface area contributed by atoms with Crippen LogP contribution in [0.5, 0.6) is 0 Å². The molecule has 1 atom stereocenters. The molecular weight excluding hydrogens is 381 g/mol. The third-order valence-corrected chi connectivity index (χ3v) is 7.15. The highest BCUT2D eigenvalue weighted by molar-refractivity contribution is 5.83. The molecule has 0 spiro atoms. The average molecular weight is 416 g/mol. The number of hydrogen-bond acceptors (Lipinski definition) is 3. The van der Waals surface area contributed by atoms with Gasteiger partial charge in [0.25, 0.3) is 0 Å². The fraction of sp³-hybridized carbons (Fsp3) is 0.667. The molecule has 3 aliphatic rings. The first kappa shape index (κ1) is 21.3. The molecule has 1 aromatic rings. The molecule has 1 saturated carbocycles. The van der Waals surface area contributed by atoms with Gasteiger partial charge in [0.15, 0.2) is 0 Å². The third kappa shape index (κ3) is 5.20. The van der Waals surface area contributed by atoms with Crippen LogP contribution in [0.4, 0.5) is 4.39 Å². The van der Waals surface area contributed by atoms with Gasteiger partial charge < -0.3 is 9.80 Å². The molecule has 2 saturated heterocycles. The van der Waals surface area contributed by atoms with Gasteiger partial charge in [-0.2, -0.15) is 0 Å². The van der Waals surface area contributed by atoms with E-state index in [-0.39, 0.29) is 23.7 Å².